The molecule has 2 atom stereocenters. The highest BCUT2D eigenvalue weighted by atomic mass is 79.9. The van der Waals surface area contributed by atoms with Crippen LogP contribution in [0.5, 0.6) is 0 Å². The maximum absolute atomic E-state index is 6.27. The van der Waals surface area contributed by atoms with Crippen LogP contribution in [-0.4, -0.2) is 0 Å². The molecule has 3 heteroatoms. The smallest absolute Gasteiger partial charge is 0.0701 e. The van der Waals surface area contributed by atoms with Gasteiger partial charge in [0.15, 0.2) is 0 Å². The second-order valence-corrected chi connectivity index (χ2v) is 6.36. The molecule has 0 aliphatic rings. The Kier molecular flexibility index (Phi) is 3.79. The van der Waals surface area contributed by atoms with Gasteiger partial charge in [-0.25, -0.2) is 0 Å². The van der Waals surface area contributed by atoms with E-state index in [9.17, 15) is 0 Å². The van der Waals surface area contributed by atoms with Gasteiger partial charge in [-0.1, -0.05) is 37.3 Å². The molecule has 2 unspecified atom stereocenters. The molecule has 1 heterocycles. The van der Waals surface area contributed by atoms with Crippen LogP contribution in [0.25, 0.3) is 0 Å². The molecule has 0 aliphatic carbocycles. The Hall–Kier alpha value is -0.640. The van der Waals surface area contributed by atoms with Crippen molar-refractivity contribution in [2.24, 2.45) is 5.73 Å². The minimum absolute atomic E-state index is 0.0682. The third-order valence-corrected chi connectivity index (χ3v) is 4.51. The average Bonchev–Trinajstić information content (AvgIpc) is 2.75. The maximum Gasteiger partial charge on any atom is 0.0701 e. The van der Waals surface area contributed by atoms with Gasteiger partial charge in [-0.3, -0.25) is 0 Å². The van der Waals surface area contributed by atoms with Crippen LogP contribution in [-0.2, 0) is 0 Å². The summed E-state index contributed by atoms with van der Waals surface area (Å²) in [7, 11) is 0. The quantitative estimate of drug-likeness (QED) is 0.897. The van der Waals surface area contributed by atoms with E-state index in [1.807, 2.05) is 6.07 Å². The summed E-state index contributed by atoms with van der Waals surface area (Å²) in [5, 5.41) is 0. The fraction of sp³-hybridized carbons (Fsp3) is 0.231. The summed E-state index contributed by atoms with van der Waals surface area (Å²) in [5.41, 5.74) is 7.56. The van der Waals surface area contributed by atoms with Crippen molar-refractivity contribution in [3.05, 3.63) is 56.7 Å². The highest BCUT2D eigenvalue weighted by Crippen LogP contribution is 2.34. The van der Waals surface area contributed by atoms with E-state index < -0.39 is 0 Å². The van der Waals surface area contributed by atoms with Gasteiger partial charge in [0, 0.05) is 16.8 Å². The van der Waals surface area contributed by atoms with E-state index >= 15 is 0 Å². The van der Waals surface area contributed by atoms with Crippen molar-refractivity contribution in [1.82, 2.24) is 0 Å². The lowest BCUT2D eigenvalue weighted by Gasteiger charge is -2.18. The van der Waals surface area contributed by atoms with Crippen molar-refractivity contribution in [3.8, 4) is 0 Å². The van der Waals surface area contributed by atoms with Crippen LogP contribution in [0.1, 0.15) is 29.3 Å². The zero-order valence-corrected chi connectivity index (χ0v) is 11.5. The zero-order chi connectivity index (χ0) is 11.5. The predicted octanol–water partition coefficient (Wildman–Crippen LogP) is 4.31. The van der Waals surface area contributed by atoms with Crippen LogP contribution < -0.4 is 5.73 Å². The van der Waals surface area contributed by atoms with Gasteiger partial charge < -0.3 is 5.73 Å². The second kappa shape index (κ2) is 5.13. The third kappa shape index (κ3) is 2.54. The highest BCUT2D eigenvalue weighted by molar-refractivity contribution is 9.11. The molecule has 84 valence electrons. The summed E-state index contributed by atoms with van der Waals surface area (Å²) in [4.78, 5) is 1.23. The maximum atomic E-state index is 6.27. The van der Waals surface area contributed by atoms with Gasteiger partial charge in [-0.05, 0) is 33.6 Å². The molecule has 0 bridgehead atoms. The van der Waals surface area contributed by atoms with Crippen molar-refractivity contribution < 1.29 is 0 Å². The fourth-order valence-electron chi connectivity index (χ4n) is 1.72. The lowest BCUT2D eigenvalue weighted by atomic mass is 9.93. The van der Waals surface area contributed by atoms with Gasteiger partial charge in [-0.15, -0.1) is 11.3 Å². The molecule has 2 aromatic rings. The molecular formula is C13H14BrNS. The highest BCUT2D eigenvalue weighted by Gasteiger charge is 2.17. The molecule has 0 aliphatic heterocycles. The number of hydrogen-bond acceptors (Lipinski definition) is 2. The summed E-state index contributed by atoms with van der Waals surface area (Å²) in [5.74, 6) is 0.340. The first-order chi connectivity index (χ1) is 7.68. The Morgan fingerprint density at radius 1 is 1.12 bits per heavy atom. The van der Waals surface area contributed by atoms with Gasteiger partial charge in [0.1, 0.15) is 0 Å². The van der Waals surface area contributed by atoms with Gasteiger partial charge in [0.05, 0.1) is 3.79 Å². The number of benzene rings is 1. The molecule has 1 nitrogen and oxygen atoms in total. The topological polar surface area (TPSA) is 26.0 Å². The van der Waals surface area contributed by atoms with Crippen LogP contribution in [0.15, 0.2) is 46.3 Å². The standard InChI is InChI=1S/C13H14BrNS/c1-9(10-5-3-2-4-6-10)13(15)11-7-8-12(14)16-11/h2-9,13H,15H2,1H3. The lowest BCUT2D eigenvalue weighted by Crippen LogP contribution is -2.16. The Labute approximate surface area is 108 Å². The summed E-state index contributed by atoms with van der Waals surface area (Å²) < 4.78 is 1.14. The van der Waals surface area contributed by atoms with E-state index in [-0.39, 0.29) is 6.04 Å². The van der Waals surface area contributed by atoms with Crippen molar-refractivity contribution in [1.29, 1.82) is 0 Å². The summed E-state index contributed by atoms with van der Waals surface area (Å²) >= 11 is 5.18. The molecule has 2 N–H and O–H groups in total. The van der Waals surface area contributed by atoms with Crippen LogP contribution in [0.4, 0.5) is 0 Å². The molecule has 0 fully saturated rings. The number of hydrogen-bond donors (Lipinski definition) is 1. The molecule has 0 radical (unpaired) electrons. The number of thiophene rings is 1. The Morgan fingerprint density at radius 3 is 2.38 bits per heavy atom. The minimum atomic E-state index is 0.0682. The van der Waals surface area contributed by atoms with Crippen molar-refractivity contribution in [3.63, 3.8) is 0 Å². The van der Waals surface area contributed by atoms with Gasteiger partial charge in [0.2, 0.25) is 0 Å². The lowest BCUT2D eigenvalue weighted by molar-refractivity contribution is 0.607. The van der Waals surface area contributed by atoms with Crippen LogP contribution >= 0.6 is 27.3 Å². The normalized spacial score (nSPS) is 14.7. The summed E-state index contributed by atoms with van der Waals surface area (Å²) in [6.45, 7) is 2.17. The van der Waals surface area contributed by atoms with E-state index in [0.29, 0.717) is 5.92 Å². The van der Waals surface area contributed by atoms with E-state index in [2.05, 4.69) is 59.3 Å². The van der Waals surface area contributed by atoms with Crippen LogP contribution in [0, 0.1) is 0 Å². The van der Waals surface area contributed by atoms with E-state index in [0.717, 1.165) is 3.79 Å². The first kappa shape index (κ1) is 11.8. The molecule has 0 saturated carbocycles. The summed E-state index contributed by atoms with van der Waals surface area (Å²) in [6.07, 6.45) is 0. The first-order valence-corrected chi connectivity index (χ1v) is 6.85. The first-order valence-electron chi connectivity index (χ1n) is 5.24. The number of rotatable bonds is 3. The Bertz CT molecular complexity index is 452. The molecule has 1 aromatic heterocycles. The Morgan fingerprint density at radius 2 is 1.81 bits per heavy atom. The second-order valence-electron chi connectivity index (χ2n) is 3.87. The van der Waals surface area contributed by atoms with E-state index in [1.165, 1.54) is 10.4 Å². The monoisotopic (exact) mass is 295 g/mol. The SMILES string of the molecule is CC(c1ccccc1)C(N)c1ccc(Br)s1. The molecule has 2 rings (SSSR count). The number of halogens is 1. The third-order valence-electron chi connectivity index (χ3n) is 2.79. The van der Waals surface area contributed by atoms with Crippen LogP contribution in [0.3, 0.4) is 0 Å². The molecule has 1 aromatic carbocycles. The largest absolute Gasteiger partial charge is 0.323 e. The van der Waals surface area contributed by atoms with Crippen molar-refractivity contribution in [2.45, 2.75) is 18.9 Å². The average molecular weight is 296 g/mol. The van der Waals surface area contributed by atoms with Crippen molar-refractivity contribution in [2.75, 3.05) is 0 Å². The van der Waals surface area contributed by atoms with Gasteiger partial charge in [-0.2, -0.15) is 0 Å². The molecule has 0 amide bonds. The van der Waals surface area contributed by atoms with Crippen LogP contribution in [0.2, 0.25) is 0 Å². The molecule has 0 saturated heterocycles. The van der Waals surface area contributed by atoms with Gasteiger partial charge >= 0.3 is 0 Å². The minimum Gasteiger partial charge on any atom is -0.323 e. The summed E-state index contributed by atoms with van der Waals surface area (Å²) in [6, 6.07) is 14.6. The predicted molar refractivity (Wildman–Crippen MR) is 73.8 cm³/mol. The van der Waals surface area contributed by atoms with Gasteiger partial charge in [0.25, 0.3) is 0 Å². The molecule has 0 spiro atoms. The number of nitrogens with two attached hydrogens (primary N) is 1. The Balaban J connectivity index is 2.19. The fourth-order valence-corrected chi connectivity index (χ4v) is 3.25. The molecule has 16 heavy (non-hydrogen) atoms. The molecular weight excluding hydrogens is 282 g/mol. The van der Waals surface area contributed by atoms with E-state index in [1.54, 1.807) is 11.3 Å². The van der Waals surface area contributed by atoms with E-state index in [4.69, 9.17) is 5.73 Å². The zero-order valence-electron chi connectivity index (χ0n) is 9.06. The van der Waals surface area contributed by atoms with Crippen molar-refractivity contribution >= 4 is 27.3 Å².